The first-order valence-electron chi connectivity index (χ1n) is 6.22. The van der Waals surface area contributed by atoms with E-state index in [1.807, 2.05) is 37.5 Å². The minimum atomic E-state index is -0.0374. The average Bonchev–Trinajstić information content (AvgIpc) is 2.67. The van der Waals surface area contributed by atoms with Crippen LogP contribution in [0.4, 0.5) is 0 Å². The first kappa shape index (κ1) is 13.3. The molecule has 19 heavy (non-hydrogen) atoms. The Balaban J connectivity index is 2.48. The lowest BCUT2D eigenvalue weighted by atomic mass is 10.1. The van der Waals surface area contributed by atoms with Gasteiger partial charge in [-0.15, -0.1) is 10.2 Å². The molecule has 0 saturated carbocycles. The van der Waals surface area contributed by atoms with Crippen LogP contribution in [-0.2, 0) is 11.3 Å². The summed E-state index contributed by atoms with van der Waals surface area (Å²) in [6.07, 6.45) is 0. The molecule has 5 nitrogen and oxygen atoms in total. The highest BCUT2D eigenvalue weighted by atomic mass is 16.1. The van der Waals surface area contributed by atoms with E-state index in [4.69, 9.17) is 0 Å². The van der Waals surface area contributed by atoms with Gasteiger partial charge in [-0.25, -0.2) is 0 Å². The highest BCUT2D eigenvalue weighted by molar-refractivity contribution is 5.73. The monoisotopic (exact) mass is 258 g/mol. The van der Waals surface area contributed by atoms with Crippen molar-refractivity contribution in [3.05, 3.63) is 41.0 Å². The lowest BCUT2D eigenvalue weighted by Gasteiger charge is -2.14. The van der Waals surface area contributed by atoms with Crippen LogP contribution in [-0.4, -0.2) is 20.7 Å². The van der Waals surface area contributed by atoms with Crippen LogP contribution in [0.1, 0.15) is 29.7 Å². The van der Waals surface area contributed by atoms with Gasteiger partial charge in [-0.1, -0.05) is 17.7 Å². The summed E-state index contributed by atoms with van der Waals surface area (Å²) >= 11 is 0. The number of hydrogen-bond acceptors (Lipinski definition) is 3. The van der Waals surface area contributed by atoms with Crippen molar-refractivity contribution in [2.45, 2.75) is 34.2 Å². The molecule has 0 aliphatic rings. The Morgan fingerprint density at radius 2 is 1.84 bits per heavy atom. The van der Waals surface area contributed by atoms with Gasteiger partial charge in [0.25, 0.3) is 0 Å². The maximum atomic E-state index is 11.1. The van der Waals surface area contributed by atoms with Gasteiger partial charge in [-0.3, -0.25) is 9.36 Å². The standard InChI is InChI=1S/C14H18N4O/c1-9-5-6-14(13(7-9)8-15-12(4)19)18-10(2)16-17-11(18)3/h5-7H,8H2,1-4H3,(H,15,19). The van der Waals surface area contributed by atoms with Crippen LogP contribution in [0.5, 0.6) is 0 Å². The van der Waals surface area contributed by atoms with Crippen LogP contribution in [0.3, 0.4) is 0 Å². The molecule has 0 radical (unpaired) electrons. The van der Waals surface area contributed by atoms with Gasteiger partial charge in [0.2, 0.25) is 5.91 Å². The van der Waals surface area contributed by atoms with E-state index in [1.165, 1.54) is 6.92 Å². The van der Waals surface area contributed by atoms with E-state index in [0.29, 0.717) is 6.54 Å². The number of carbonyl (C=O) groups is 1. The number of amides is 1. The third kappa shape index (κ3) is 2.81. The molecule has 0 spiro atoms. The molecule has 2 rings (SSSR count). The third-order valence-electron chi connectivity index (χ3n) is 2.99. The average molecular weight is 258 g/mol. The van der Waals surface area contributed by atoms with Crippen LogP contribution < -0.4 is 5.32 Å². The van der Waals surface area contributed by atoms with Crippen LogP contribution >= 0.6 is 0 Å². The number of nitrogens with one attached hydrogen (secondary N) is 1. The fourth-order valence-electron chi connectivity index (χ4n) is 2.11. The van der Waals surface area contributed by atoms with Crippen molar-refractivity contribution in [1.29, 1.82) is 0 Å². The Hall–Kier alpha value is -2.17. The molecule has 1 N–H and O–H groups in total. The zero-order chi connectivity index (χ0) is 14.0. The number of rotatable bonds is 3. The van der Waals surface area contributed by atoms with Crippen molar-refractivity contribution < 1.29 is 4.79 Å². The molecule has 100 valence electrons. The molecule has 0 bridgehead atoms. The minimum absolute atomic E-state index is 0.0374. The summed E-state index contributed by atoms with van der Waals surface area (Å²) in [5, 5.41) is 11.0. The predicted octanol–water partition coefficient (Wildman–Crippen LogP) is 1.83. The van der Waals surface area contributed by atoms with E-state index >= 15 is 0 Å². The number of aryl methyl sites for hydroxylation is 3. The van der Waals surface area contributed by atoms with Crippen LogP contribution in [0.15, 0.2) is 18.2 Å². The SMILES string of the molecule is CC(=O)NCc1cc(C)ccc1-n1c(C)nnc1C. The lowest BCUT2D eigenvalue weighted by molar-refractivity contribution is -0.119. The zero-order valence-corrected chi connectivity index (χ0v) is 11.7. The highest BCUT2D eigenvalue weighted by Crippen LogP contribution is 2.19. The summed E-state index contributed by atoms with van der Waals surface area (Å²) in [6.45, 7) is 7.89. The fraction of sp³-hybridized carbons (Fsp3) is 0.357. The maximum Gasteiger partial charge on any atom is 0.217 e. The molecular weight excluding hydrogens is 240 g/mol. The normalized spacial score (nSPS) is 10.5. The van der Waals surface area contributed by atoms with Gasteiger partial charge in [0.1, 0.15) is 11.6 Å². The van der Waals surface area contributed by atoms with Crippen LogP contribution in [0.2, 0.25) is 0 Å². The Labute approximate surface area is 112 Å². The Bertz CT molecular complexity index is 596. The summed E-state index contributed by atoms with van der Waals surface area (Å²) in [7, 11) is 0. The van der Waals surface area contributed by atoms with Crippen molar-refractivity contribution in [3.63, 3.8) is 0 Å². The molecule has 0 fully saturated rings. The fourth-order valence-corrected chi connectivity index (χ4v) is 2.11. The molecular formula is C14H18N4O. The number of carbonyl (C=O) groups excluding carboxylic acids is 1. The molecule has 1 amide bonds. The topological polar surface area (TPSA) is 59.8 Å². The van der Waals surface area contributed by atoms with E-state index in [9.17, 15) is 4.79 Å². The third-order valence-corrected chi connectivity index (χ3v) is 2.99. The van der Waals surface area contributed by atoms with Crippen molar-refractivity contribution in [1.82, 2.24) is 20.1 Å². The predicted molar refractivity (Wildman–Crippen MR) is 73.1 cm³/mol. The van der Waals surface area contributed by atoms with Gasteiger partial charge in [-0.05, 0) is 32.4 Å². The summed E-state index contributed by atoms with van der Waals surface area (Å²) < 4.78 is 2.00. The van der Waals surface area contributed by atoms with E-state index in [0.717, 1.165) is 28.5 Å². The lowest BCUT2D eigenvalue weighted by Crippen LogP contribution is -2.20. The molecule has 0 aliphatic carbocycles. The van der Waals surface area contributed by atoms with Gasteiger partial charge < -0.3 is 5.32 Å². The highest BCUT2D eigenvalue weighted by Gasteiger charge is 2.11. The Morgan fingerprint density at radius 3 is 2.42 bits per heavy atom. The zero-order valence-electron chi connectivity index (χ0n) is 11.7. The largest absolute Gasteiger partial charge is 0.352 e. The van der Waals surface area contributed by atoms with Gasteiger partial charge in [0, 0.05) is 13.5 Å². The van der Waals surface area contributed by atoms with E-state index in [-0.39, 0.29) is 5.91 Å². The number of benzene rings is 1. The van der Waals surface area contributed by atoms with Crippen molar-refractivity contribution in [2.75, 3.05) is 0 Å². The molecule has 0 unspecified atom stereocenters. The quantitative estimate of drug-likeness (QED) is 0.913. The van der Waals surface area contributed by atoms with Crippen LogP contribution in [0, 0.1) is 20.8 Å². The number of hydrogen-bond donors (Lipinski definition) is 1. The van der Waals surface area contributed by atoms with Crippen molar-refractivity contribution in [3.8, 4) is 5.69 Å². The smallest absolute Gasteiger partial charge is 0.217 e. The summed E-state index contributed by atoms with van der Waals surface area (Å²) in [5.74, 6) is 1.64. The van der Waals surface area contributed by atoms with Crippen LogP contribution in [0.25, 0.3) is 5.69 Å². The molecule has 1 aromatic heterocycles. The number of aromatic nitrogens is 3. The molecule has 0 atom stereocenters. The van der Waals surface area contributed by atoms with Crippen molar-refractivity contribution in [2.24, 2.45) is 0 Å². The second-order valence-corrected chi connectivity index (χ2v) is 4.67. The first-order valence-corrected chi connectivity index (χ1v) is 6.22. The van der Waals surface area contributed by atoms with Gasteiger partial charge >= 0.3 is 0 Å². The van der Waals surface area contributed by atoms with Gasteiger partial charge in [0.05, 0.1) is 5.69 Å². The van der Waals surface area contributed by atoms with E-state index in [1.54, 1.807) is 0 Å². The Morgan fingerprint density at radius 1 is 1.21 bits per heavy atom. The molecule has 1 aromatic carbocycles. The molecule has 0 aliphatic heterocycles. The molecule has 0 saturated heterocycles. The second kappa shape index (κ2) is 5.22. The van der Waals surface area contributed by atoms with Gasteiger partial charge in [0.15, 0.2) is 0 Å². The Kier molecular flexibility index (Phi) is 3.64. The summed E-state index contributed by atoms with van der Waals surface area (Å²) in [5.41, 5.74) is 3.23. The van der Waals surface area contributed by atoms with E-state index in [2.05, 4.69) is 21.6 Å². The first-order chi connectivity index (χ1) is 8.99. The van der Waals surface area contributed by atoms with E-state index < -0.39 is 0 Å². The second-order valence-electron chi connectivity index (χ2n) is 4.67. The summed E-state index contributed by atoms with van der Waals surface area (Å²) in [6, 6.07) is 6.16. The molecule has 1 heterocycles. The molecule has 5 heteroatoms. The van der Waals surface area contributed by atoms with Crippen molar-refractivity contribution >= 4 is 5.91 Å². The number of nitrogens with zero attached hydrogens (tertiary/aromatic N) is 3. The van der Waals surface area contributed by atoms with Gasteiger partial charge in [-0.2, -0.15) is 0 Å². The molecule has 2 aromatic rings. The summed E-state index contributed by atoms with van der Waals surface area (Å²) in [4.78, 5) is 11.1. The maximum absolute atomic E-state index is 11.1. The minimum Gasteiger partial charge on any atom is -0.352 e.